The summed E-state index contributed by atoms with van der Waals surface area (Å²) in [4.78, 5) is 0.705. The third-order valence-corrected chi connectivity index (χ3v) is 4.44. The molecule has 4 heteroatoms. The molecular formula is C13H13F2NS. The van der Waals surface area contributed by atoms with Crippen molar-refractivity contribution in [3.8, 4) is 6.07 Å². The van der Waals surface area contributed by atoms with Crippen LogP contribution in [0.25, 0.3) is 0 Å². The van der Waals surface area contributed by atoms with Gasteiger partial charge in [-0.05, 0) is 31.0 Å². The molecule has 0 saturated heterocycles. The van der Waals surface area contributed by atoms with Crippen LogP contribution in [0.3, 0.4) is 0 Å². The molecule has 17 heavy (non-hydrogen) atoms. The van der Waals surface area contributed by atoms with Crippen LogP contribution in [0, 0.1) is 28.9 Å². The minimum absolute atomic E-state index is 0.0295. The topological polar surface area (TPSA) is 23.8 Å². The maximum absolute atomic E-state index is 13.1. The average molecular weight is 253 g/mol. The van der Waals surface area contributed by atoms with Crippen LogP contribution in [0.2, 0.25) is 0 Å². The summed E-state index contributed by atoms with van der Waals surface area (Å²) in [5.41, 5.74) is 0. The van der Waals surface area contributed by atoms with Gasteiger partial charge in [0, 0.05) is 10.1 Å². The van der Waals surface area contributed by atoms with Gasteiger partial charge >= 0.3 is 0 Å². The summed E-state index contributed by atoms with van der Waals surface area (Å²) in [5.74, 6) is -1.61. The van der Waals surface area contributed by atoms with Crippen LogP contribution in [-0.4, -0.2) is 5.25 Å². The molecule has 90 valence electrons. The fraction of sp³-hybridized carbons (Fsp3) is 0.462. The molecule has 1 aromatic rings. The fourth-order valence-corrected chi connectivity index (χ4v) is 3.42. The first-order chi connectivity index (χ1) is 8.20. The number of rotatable bonds is 2. The van der Waals surface area contributed by atoms with Gasteiger partial charge in [0.2, 0.25) is 0 Å². The molecule has 2 unspecified atom stereocenters. The molecule has 1 aliphatic carbocycles. The van der Waals surface area contributed by atoms with E-state index >= 15 is 0 Å². The zero-order valence-electron chi connectivity index (χ0n) is 9.33. The first-order valence-corrected chi connectivity index (χ1v) is 6.60. The van der Waals surface area contributed by atoms with Gasteiger partial charge in [-0.3, -0.25) is 0 Å². The summed E-state index contributed by atoms with van der Waals surface area (Å²) in [6, 6.07) is 6.24. The molecule has 0 amide bonds. The van der Waals surface area contributed by atoms with E-state index in [-0.39, 0.29) is 11.2 Å². The lowest BCUT2D eigenvalue weighted by Gasteiger charge is -2.26. The predicted octanol–water partition coefficient (Wildman–Crippen LogP) is 4.14. The van der Waals surface area contributed by atoms with Crippen LogP contribution in [0.15, 0.2) is 23.1 Å². The molecule has 0 N–H and O–H groups in total. The average Bonchev–Trinajstić information content (AvgIpc) is 2.34. The predicted molar refractivity (Wildman–Crippen MR) is 63.6 cm³/mol. The second-order valence-electron chi connectivity index (χ2n) is 4.25. The van der Waals surface area contributed by atoms with Crippen LogP contribution < -0.4 is 0 Å². The minimum Gasteiger partial charge on any atom is -0.204 e. The van der Waals surface area contributed by atoms with Crippen LogP contribution >= 0.6 is 11.8 Å². The van der Waals surface area contributed by atoms with Crippen molar-refractivity contribution in [1.29, 1.82) is 5.26 Å². The molecule has 2 atom stereocenters. The van der Waals surface area contributed by atoms with Crippen LogP contribution in [-0.2, 0) is 0 Å². The number of hydrogen-bond donors (Lipinski definition) is 0. The van der Waals surface area contributed by atoms with Gasteiger partial charge in [-0.25, -0.2) is 8.78 Å². The number of thioether (sulfide) groups is 1. The van der Waals surface area contributed by atoms with E-state index in [9.17, 15) is 8.78 Å². The van der Waals surface area contributed by atoms with Crippen molar-refractivity contribution in [3.05, 3.63) is 29.8 Å². The van der Waals surface area contributed by atoms with Crippen LogP contribution in [0.1, 0.15) is 25.7 Å². The van der Waals surface area contributed by atoms with Crippen molar-refractivity contribution in [3.63, 3.8) is 0 Å². The summed E-state index contributed by atoms with van der Waals surface area (Å²) in [6.07, 6.45) is 4.09. The quantitative estimate of drug-likeness (QED) is 0.791. The number of halogens is 2. The lowest BCUT2D eigenvalue weighted by molar-refractivity contribution is 0.439. The zero-order chi connectivity index (χ0) is 12.3. The van der Waals surface area contributed by atoms with E-state index in [2.05, 4.69) is 6.07 Å². The van der Waals surface area contributed by atoms with Crippen molar-refractivity contribution in [1.82, 2.24) is 0 Å². The summed E-state index contributed by atoms with van der Waals surface area (Å²) in [6.45, 7) is 0. The summed E-state index contributed by atoms with van der Waals surface area (Å²) < 4.78 is 25.8. The lowest BCUT2D eigenvalue weighted by atomic mass is 9.90. The van der Waals surface area contributed by atoms with E-state index in [4.69, 9.17) is 5.26 Å². The van der Waals surface area contributed by atoms with Crippen LogP contribution in [0.5, 0.6) is 0 Å². The number of benzene rings is 1. The molecule has 0 aromatic heterocycles. The smallest absolute Gasteiger partial charge is 0.159 e. The SMILES string of the molecule is N#CC1CCCCC1Sc1ccc(F)c(F)c1. The molecule has 2 rings (SSSR count). The highest BCUT2D eigenvalue weighted by Gasteiger charge is 2.25. The molecule has 0 aliphatic heterocycles. The Labute approximate surface area is 104 Å². The van der Waals surface area contributed by atoms with Crippen molar-refractivity contribution in [2.75, 3.05) is 0 Å². The molecule has 0 radical (unpaired) electrons. The van der Waals surface area contributed by atoms with Crippen molar-refractivity contribution in [2.24, 2.45) is 5.92 Å². The molecule has 0 spiro atoms. The molecule has 1 fully saturated rings. The third-order valence-electron chi connectivity index (χ3n) is 3.05. The Bertz CT molecular complexity index is 442. The van der Waals surface area contributed by atoms with E-state index < -0.39 is 11.6 Å². The van der Waals surface area contributed by atoms with Gasteiger partial charge in [0.15, 0.2) is 11.6 Å². The highest BCUT2D eigenvalue weighted by atomic mass is 32.2. The monoisotopic (exact) mass is 253 g/mol. The molecular weight excluding hydrogens is 240 g/mol. The molecule has 1 aliphatic rings. The molecule has 0 heterocycles. The molecule has 0 bridgehead atoms. The normalized spacial score (nSPS) is 24.3. The third kappa shape index (κ3) is 2.98. The van der Waals surface area contributed by atoms with Gasteiger partial charge in [0.1, 0.15) is 0 Å². The van der Waals surface area contributed by atoms with E-state index in [0.29, 0.717) is 4.90 Å². The van der Waals surface area contributed by atoms with E-state index in [1.54, 1.807) is 6.07 Å². The number of nitriles is 1. The maximum Gasteiger partial charge on any atom is 0.159 e. The first-order valence-electron chi connectivity index (χ1n) is 5.72. The molecule has 1 saturated carbocycles. The van der Waals surface area contributed by atoms with Gasteiger partial charge in [-0.1, -0.05) is 12.8 Å². The second-order valence-corrected chi connectivity index (χ2v) is 5.56. The molecule has 1 aromatic carbocycles. The Balaban J connectivity index is 2.09. The lowest BCUT2D eigenvalue weighted by Crippen LogP contribution is -2.20. The fourth-order valence-electron chi connectivity index (χ4n) is 2.11. The van der Waals surface area contributed by atoms with Gasteiger partial charge in [-0.2, -0.15) is 5.26 Å². The minimum atomic E-state index is -0.824. The summed E-state index contributed by atoms with van der Waals surface area (Å²) in [7, 11) is 0. The Morgan fingerprint density at radius 1 is 1.18 bits per heavy atom. The van der Waals surface area contributed by atoms with Gasteiger partial charge in [0.05, 0.1) is 12.0 Å². The van der Waals surface area contributed by atoms with Crippen molar-refractivity contribution in [2.45, 2.75) is 35.8 Å². The van der Waals surface area contributed by atoms with Gasteiger partial charge in [-0.15, -0.1) is 11.8 Å². The largest absolute Gasteiger partial charge is 0.204 e. The van der Waals surface area contributed by atoms with Crippen molar-refractivity contribution < 1.29 is 8.78 Å². The standard InChI is InChI=1S/C13H13F2NS/c14-11-6-5-10(7-12(11)15)17-13-4-2-1-3-9(13)8-16/h5-7,9,13H,1-4H2. The Morgan fingerprint density at radius 2 is 1.94 bits per heavy atom. The maximum atomic E-state index is 13.1. The van der Waals surface area contributed by atoms with Gasteiger partial charge in [0.25, 0.3) is 0 Å². The van der Waals surface area contributed by atoms with Crippen LogP contribution in [0.4, 0.5) is 8.78 Å². The summed E-state index contributed by atoms with van der Waals surface area (Å²) in [5, 5.41) is 9.25. The Hall–Kier alpha value is -1.08. The van der Waals surface area contributed by atoms with Gasteiger partial charge < -0.3 is 0 Å². The number of hydrogen-bond acceptors (Lipinski definition) is 2. The highest BCUT2D eigenvalue weighted by molar-refractivity contribution is 8.00. The Kier molecular flexibility index (Phi) is 4.01. The summed E-state index contributed by atoms with van der Waals surface area (Å²) >= 11 is 1.49. The second kappa shape index (κ2) is 5.50. The van der Waals surface area contributed by atoms with E-state index in [1.807, 2.05) is 0 Å². The zero-order valence-corrected chi connectivity index (χ0v) is 10.1. The first kappa shape index (κ1) is 12.4. The number of nitrogens with zero attached hydrogens (tertiary/aromatic N) is 1. The van der Waals surface area contributed by atoms with Crippen molar-refractivity contribution >= 4 is 11.8 Å². The molecule has 1 nitrogen and oxygen atoms in total. The Morgan fingerprint density at radius 3 is 2.65 bits per heavy atom. The highest BCUT2D eigenvalue weighted by Crippen LogP contribution is 2.37. The van der Waals surface area contributed by atoms with E-state index in [1.165, 1.54) is 17.8 Å². The van der Waals surface area contributed by atoms with E-state index in [0.717, 1.165) is 31.7 Å².